The molecule has 1 aromatic heterocycles. The van der Waals surface area contributed by atoms with Crippen LogP contribution in [0.4, 0.5) is 10.1 Å². The molecule has 2 aromatic carbocycles. The molecule has 0 saturated carbocycles. The maximum Gasteiger partial charge on any atom is 0.262 e. The zero-order valence-corrected chi connectivity index (χ0v) is 12.8. The molecule has 0 saturated heterocycles. The van der Waals surface area contributed by atoms with Crippen molar-refractivity contribution in [3.63, 3.8) is 0 Å². The number of rotatable bonds is 5. The number of anilines is 1. The average molecular weight is 327 g/mol. The van der Waals surface area contributed by atoms with Crippen molar-refractivity contribution in [3.8, 4) is 11.4 Å². The Hall–Kier alpha value is -3.29. The van der Waals surface area contributed by atoms with E-state index < -0.39 is 0 Å². The van der Waals surface area contributed by atoms with Crippen LogP contribution in [0.25, 0.3) is 5.69 Å². The molecule has 24 heavy (non-hydrogen) atoms. The minimum Gasteiger partial charge on any atom is -0.484 e. The van der Waals surface area contributed by atoms with Gasteiger partial charge in [0.1, 0.15) is 17.9 Å². The quantitative estimate of drug-likeness (QED) is 0.776. The number of halogens is 1. The zero-order chi connectivity index (χ0) is 16.9. The molecule has 0 bridgehead atoms. The van der Waals surface area contributed by atoms with Gasteiger partial charge in [-0.1, -0.05) is 12.1 Å². The van der Waals surface area contributed by atoms with Crippen LogP contribution in [0.15, 0.2) is 48.8 Å². The number of aromatic nitrogens is 4. The fourth-order valence-electron chi connectivity index (χ4n) is 2.01. The number of carbonyl (C=O) groups is 1. The Morgan fingerprint density at radius 1 is 1.29 bits per heavy atom. The summed E-state index contributed by atoms with van der Waals surface area (Å²) in [6.45, 7) is 1.45. The lowest BCUT2D eigenvalue weighted by Gasteiger charge is -2.09. The number of nitrogens with zero attached hydrogens (tertiary/aromatic N) is 4. The first-order valence-electron chi connectivity index (χ1n) is 7.14. The number of hydrogen-bond acceptors (Lipinski definition) is 5. The van der Waals surface area contributed by atoms with Crippen molar-refractivity contribution in [2.45, 2.75) is 6.92 Å². The molecule has 7 nitrogen and oxygen atoms in total. The predicted molar refractivity (Wildman–Crippen MR) is 84.4 cm³/mol. The topological polar surface area (TPSA) is 81.9 Å². The van der Waals surface area contributed by atoms with Gasteiger partial charge in [-0.05, 0) is 47.2 Å². The van der Waals surface area contributed by atoms with Crippen LogP contribution in [0, 0.1) is 12.7 Å². The van der Waals surface area contributed by atoms with Crippen molar-refractivity contribution >= 4 is 11.6 Å². The third kappa shape index (κ3) is 3.72. The molecule has 8 heteroatoms. The Morgan fingerprint density at radius 2 is 2.17 bits per heavy atom. The number of nitrogens with one attached hydrogen (secondary N) is 1. The first-order valence-corrected chi connectivity index (χ1v) is 7.14. The van der Waals surface area contributed by atoms with Gasteiger partial charge in [-0.15, -0.1) is 5.10 Å². The summed E-state index contributed by atoms with van der Waals surface area (Å²) in [5, 5.41) is 13.5. The highest BCUT2D eigenvalue weighted by Crippen LogP contribution is 2.16. The number of ether oxygens (including phenoxy) is 1. The van der Waals surface area contributed by atoms with Crippen molar-refractivity contribution < 1.29 is 13.9 Å². The Kier molecular flexibility index (Phi) is 4.46. The SMILES string of the molecule is Cc1ccc(NC(=O)COc2cccc(-n3cnnn3)c2)cc1F. The Morgan fingerprint density at radius 3 is 2.92 bits per heavy atom. The lowest BCUT2D eigenvalue weighted by Crippen LogP contribution is -2.20. The van der Waals surface area contributed by atoms with Crippen LogP contribution >= 0.6 is 0 Å². The van der Waals surface area contributed by atoms with E-state index in [0.29, 0.717) is 22.7 Å². The van der Waals surface area contributed by atoms with Crippen molar-refractivity contribution in [1.82, 2.24) is 20.2 Å². The summed E-state index contributed by atoms with van der Waals surface area (Å²) in [6.07, 6.45) is 1.46. The second kappa shape index (κ2) is 6.86. The highest BCUT2D eigenvalue weighted by atomic mass is 19.1. The zero-order valence-electron chi connectivity index (χ0n) is 12.8. The molecular formula is C16H14FN5O2. The van der Waals surface area contributed by atoms with E-state index in [-0.39, 0.29) is 18.3 Å². The van der Waals surface area contributed by atoms with E-state index in [1.807, 2.05) is 0 Å². The van der Waals surface area contributed by atoms with Gasteiger partial charge in [0.15, 0.2) is 6.61 Å². The van der Waals surface area contributed by atoms with E-state index in [1.54, 1.807) is 43.3 Å². The summed E-state index contributed by atoms with van der Waals surface area (Å²) >= 11 is 0. The summed E-state index contributed by atoms with van der Waals surface area (Å²) in [7, 11) is 0. The van der Waals surface area contributed by atoms with Crippen LogP contribution < -0.4 is 10.1 Å². The number of carbonyl (C=O) groups excluding carboxylic acids is 1. The molecule has 1 amide bonds. The van der Waals surface area contributed by atoms with Crippen LogP contribution in [-0.2, 0) is 4.79 Å². The summed E-state index contributed by atoms with van der Waals surface area (Å²) in [6, 6.07) is 11.5. The van der Waals surface area contributed by atoms with Gasteiger partial charge >= 0.3 is 0 Å². The lowest BCUT2D eigenvalue weighted by molar-refractivity contribution is -0.118. The summed E-state index contributed by atoms with van der Waals surface area (Å²) < 4.78 is 20.4. The van der Waals surface area contributed by atoms with Crippen LogP contribution in [-0.4, -0.2) is 32.7 Å². The highest BCUT2D eigenvalue weighted by molar-refractivity contribution is 5.91. The largest absolute Gasteiger partial charge is 0.484 e. The van der Waals surface area contributed by atoms with E-state index in [9.17, 15) is 9.18 Å². The van der Waals surface area contributed by atoms with Crippen LogP contribution in [0.3, 0.4) is 0 Å². The second-order valence-electron chi connectivity index (χ2n) is 5.05. The van der Waals surface area contributed by atoms with Gasteiger partial charge in [-0.3, -0.25) is 4.79 Å². The normalized spacial score (nSPS) is 10.4. The fourth-order valence-corrected chi connectivity index (χ4v) is 2.01. The monoisotopic (exact) mass is 327 g/mol. The van der Waals surface area contributed by atoms with Crippen LogP contribution in [0.2, 0.25) is 0 Å². The molecule has 1 heterocycles. The summed E-state index contributed by atoms with van der Waals surface area (Å²) in [5.74, 6) is -0.262. The molecule has 1 N–H and O–H groups in total. The van der Waals surface area contributed by atoms with Gasteiger partial charge in [0.25, 0.3) is 5.91 Å². The molecule has 0 aliphatic rings. The highest BCUT2D eigenvalue weighted by Gasteiger charge is 2.07. The number of tetrazole rings is 1. The first kappa shape index (κ1) is 15.6. The molecule has 0 unspecified atom stereocenters. The number of hydrogen-bond donors (Lipinski definition) is 1. The Labute approximate surface area is 137 Å². The molecule has 0 aliphatic carbocycles. The molecule has 3 aromatic rings. The molecule has 0 radical (unpaired) electrons. The molecule has 0 spiro atoms. The maximum absolute atomic E-state index is 13.5. The van der Waals surface area contributed by atoms with Crippen LogP contribution in [0.1, 0.15) is 5.56 Å². The molecule has 0 fully saturated rings. The number of aryl methyl sites for hydroxylation is 1. The van der Waals surface area contributed by atoms with Gasteiger partial charge in [0.2, 0.25) is 0 Å². The van der Waals surface area contributed by atoms with Gasteiger partial charge < -0.3 is 10.1 Å². The summed E-state index contributed by atoms with van der Waals surface area (Å²) in [4.78, 5) is 11.9. The summed E-state index contributed by atoms with van der Waals surface area (Å²) in [5.41, 5.74) is 1.61. The maximum atomic E-state index is 13.5. The van der Waals surface area contributed by atoms with E-state index in [4.69, 9.17) is 4.74 Å². The van der Waals surface area contributed by atoms with Crippen molar-refractivity contribution in [1.29, 1.82) is 0 Å². The second-order valence-corrected chi connectivity index (χ2v) is 5.05. The molecule has 0 aliphatic heterocycles. The predicted octanol–water partition coefficient (Wildman–Crippen LogP) is 2.13. The van der Waals surface area contributed by atoms with Crippen molar-refractivity contribution in [3.05, 3.63) is 60.2 Å². The first-order chi connectivity index (χ1) is 11.6. The van der Waals surface area contributed by atoms with Gasteiger partial charge in [-0.2, -0.15) is 0 Å². The third-order valence-electron chi connectivity index (χ3n) is 3.26. The number of benzene rings is 2. The molecule has 122 valence electrons. The minimum atomic E-state index is -0.383. The molecular weight excluding hydrogens is 313 g/mol. The lowest BCUT2D eigenvalue weighted by atomic mass is 10.2. The molecule has 0 atom stereocenters. The molecule has 3 rings (SSSR count). The third-order valence-corrected chi connectivity index (χ3v) is 3.26. The Balaban J connectivity index is 1.60. The van der Waals surface area contributed by atoms with E-state index in [0.717, 1.165) is 0 Å². The van der Waals surface area contributed by atoms with E-state index in [1.165, 1.54) is 17.1 Å². The average Bonchev–Trinajstić information content (AvgIpc) is 3.11. The fraction of sp³-hybridized carbons (Fsp3) is 0.125. The van der Waals surface area contributed by atoms with E-state index in [2.05, 4.69) is 20.8 Å². The minimum absolute atomic E-state index is 0.200. The van der Waals surface area contributed by atoms with Crippen molar-refractivity contribution in [2.24, 2.45) is 0 Å². The number of amides is 1. The van der Waals surface area contributed by atoms with Crippen LogP contribution in [0.5, 0.6) is 5.75 Å². The van der Waals surface area contributed by atoms with Crippen molar-refractivity contribution in [2.75, 3.05) is 11.9 Å². The Bertz CT molecular complexity index is 851. The smallest absolute Gasteiger partial charge is 0.262 e. The van der Waals surface area contributed by atoms with Gasteiger partial charge in [-0.25, -0.2) is 9.07 Å². The standard InChI is InChI=1S/C16H14FN5O2/c1-11-5-6-12(7-15(11)17)19-16(23)9-24-14-4-2-3-13(8-14)22-10-18-20-21-22/h2-8,10H,9H2,1H3,(H,19,23). The van der Waals surface area contributed by atoms with E-state index >= 15 is 0 Å². The van der Waals surface area contributed by atoms with Gasteiger partial charge in [0, 0.05) is 11.8 Å². The van der Waals surface area contributed by atoms with Gasteiger partial charge in [0.05, 0.1) is 5.69 Å².